The minimum Gasteiger partial charge on any atom is -0.322 e. The Kier molecular flexibility index (Phi) is 4.53. The van der Waals surface area contributed by atoms with Crippen LogP contribution in [-0.2, 0) is 0 Å². The van der Waals surface area contributed by atoms with E-state index in [0.717, 1.165) is 32.6 Å². The summed E-state index contributed by atoms with van der Waals surface area (Å²) in [6.45, 7) is 3.60. The molecule has 0 aliphatic carbocycles. The molecule has 1 N–H and O–H groups in total. The molecule has 134 valence electrons. The number of anilines is 1. The second kappa shape index (κ2) is 6.98. The Labute approximate surface area is 156 Å². The highest BCUT2D eigenvalue weighted by molar-refractivity contribution is 6.32. The molecule has 4 rings (SSSR count). The first-order valence-electron chi connectivity index (χ1n) is 8.70. The van der Waals surface area contributed by atoms with Gasteiger partial charge in [-0.15, -0.1) is 5.10 Å². The zero-order chi connectivity index (χ0) is 18.1. The number of amides is 2. The number of carbonyl (C=O) groups is 1. The third kappa shape index (κ3) is 3.26. The number of nitrogens with one attached hydrogen (secondary N) is 1. The van der Waals surface area contributed by atoms with E-state index in [1.165, 1.54) is 6.42 Å². The van der Waals surface area contributed by atoms with Crippen molar-refractivity contribution in [2.24, 2.45) is 0 Å². The van der Waals surface area contributed by atoms with Gasteiger partial charge in [0.05, 0.1) is 22.3 Å². The first-order valence-corrected chi connectivity index (χ1v) is 9.07. The van der Waals surface area contributed by atoms with Crippen molar-refractivity contribution >= 4 is 23.4 Å². The number of fused-ring (bicyclic) bond motifs is 1. The number of rotatable bonds is 2. The maximum Gasteiger partial charge on any atom is 0.323 e. The molecule has 1 unspecified atom stereocenters. The zero-order valence-electron chi connectivity index (χ0n) is 14.2. The maximum atomic E-state index is 12.5. The van der Waals surface area contributed by atoms with E-state index in [2.05, 4.69) is 15.3 Å². The van der Waals surface area contributed by atoms with Gasteiger partial charge in [0.1, 0.15) is 0 Å². The number of benzene rings is 1. The van der Waals surface area contributed by atoms with Crippen molar-refractivity contribution in [2.45, 2.75) is 18.9 Å². The highest BCUT2D eigenvalue weighted by Gasteiger charge is 2.32. The third-order valence-electron chi connectivity index (χ3n) is 5.02. The van der Waals surface area contributed by atoms with Crippen molar-refractivity contribution in [3.63, 3.8) is 0 Å². The second-order valence-electron chi connectivity index (χ2n) is 6.63. The standard InChI is InChI=1S/C18H19ClN6O/c19-15-10-13(11-20)3-4-16(15)25-7-5-17(22-25)21-18(26)24-9-8-23-6-1-2-14(23)12-24/h3-5,7,10,14H,1-2,6,8-9,12H2,(H,21,22,26). The van der Waals surface area contributed by atoms with Crippen molar-refractivity contribution < 1.29 is 4.79 Å². The number of nitriles is 1. The zero-order valence-corrected chi connectivity index (χ0v) is 15.0. The summed E-state index contributed by atoms with van der Waals surface area (Å²) in [6.07, 6.45) is 4.11. The molecule has 2 aliphatic heterocycles. The molecule has 1 atom stereocenters. The van der Waals surface area contributed by atoms with Gasteiger partial charge in [-0.1, -0.05) is 11.6 Å². The van der Waals surface area contributed by atoms with E-state index in [4.69, 9.17) is 16.9 Å². The Hall–Kier alpha value is -2.56. The minimum atomic E-state index is -0.118. The summed E-state index contributed by atoms with van der Waals surface area (Å²) in [7, 11) is 0. The second-order valence-corrected chi connectivity index (χ2v) is 7.04. The Balaban J connectivity index is 1.43. The Bertz CT molecular complexity index is 873. The quantitative estimate of drug-likeness (QED) is 0.881. The van der Waals surface area contributed by atoms with Gasteiger partial charge in [0.2, 0.25) is 0 Å². The van der Waals surface area contributed by atoms with Crippen molar-refractivity contribution in [3.8, 4) is 11.8 Å². The van der Waals surface area contributed by atoms with E-state index in [1.54, 1.807) is 35.1 Å². The number of halogens is 1. The number of carbonyl (C=O) groups excluding carboxylic acids is 1. The smallest absolute Gasteiger partial charge is 0.322 e. The lowest BCUT2D eigenvalue weighted by Crippen LogP contribution is -2.53. The maximum absolute atomic E-state index is 12.5. The molecule has 0 saturated carbocycles. The van der Waals surface area contributed by atoms with Gasteiger partial charge in [-0.2, -0.15) is 5.26 Å². The van der Waals surface area contributed by atoms with Crippen LogP contribution >= 0.6 is 11.6 Å². The van der Waals surface area contributed by atoms with E-state index in [-0.39, 0.29) is 6.03 Å². The van der Waals surface area contributed by atoms with Gasteiger partial charge in [0.25, 0.3) is 0 Å². The van der Waals surface area contributed by atoms with Crippen LogP contribution in [-0.4, -0.2) is 57.8 Å². The Morgan fingerprint density at radius 1 is 1.31 bits per heavy atom. The van der Waals surface area contributed by atoms with Gasteiger partial charge in [-0.3, -0.25) is 10.2 Å². The molecule has 2 fully saturated rings. The molecule has 0 radical (unpaired) electrons. The molecule has 3 heterocycles. The lowest BCUT2D eigenvalue weighted by Gasteiger charge is -2.37. The molecular weight excluding hydrogens is 352 g/mol. The lowest BCUT2D eigenvalue weighted by atomic mass is 10.2. The number of hydrogen-bond donors (Lipinski definition) is 1. The van der Waals surface area contributed by atoms with Crippen LogP contribution in [0.1, 0.15) is 18.4 Å². The fraction of sp³-hybridized carbons (Fsp3) is 0.389. The van der Waals surface area contributed by atoms with E-state index in [1.807, 2.05) is 11.0 Å². The first kappa shape index (κ1) is 16.9. The molecule has 1 aromatic heterocycles. The monoisotopic (exact) mass is 370 g/mol. The van der Waals surface area contributed by atoms with Gasteiger partial charge in [0, 0.05) is 37.9 Å². The van der Waals surface area contributed by atoms with Gasteiger partial charge in [0.15, 0.2) is 5.82 Å². The molecule has 0 bridgehead atoms. The van der Waals surface area contributed by atoms with Crippen LogP contribution in [0.2, 0.25) is 5.02 Å². The summed E-state index contributed by atoms with van der Waals surface area (Å²) in [5.74, 6) is 0.476. The summed E-state index contributed by atoms with van der Waals surface area (Å²) >= 11 is 6.22. The summed E-state index contributed by atoms with van der Waals surface area (Å²) in [4.78, 5) is 16.9. The van der Waals surface area contributed by atoms with Crippen LogP contribution in [0.4, 0.5) is 10.6 Å². The molecule has 2 aromatic rings. The van der Waals surface area contributed by atoms with E-state index >= 15 is 0 Å². The number of nitrogens with zero attached hydrogens (tertiary/aromatic N) is 5. The molecule has 2 saturated heterocycles. The van der Waals surface area contributed by atoms with Crippen molar-refractivity contribution in [1.82, 2.24) is 19.6 Å². The predicted molar refractivity (Wildman–Crippen MR) is 98.5 cm³/mol. The van der Waals surface area contributed by atoms with Crippen LogP contribution in [0.3, 0.4) is 0 Å². The van der Waals surface area contributed by atoms with Crippen molar-refractivity contribution in [3.05, 3.63) is 41.0 Å². The van der Waals surface area contributed by atoms with Crippen LogP contribution in [0.25, 0.3) is 5.69 Å². The minimum absolute atomic E-state index is 0.118. The normalized spacial score (nSPS) is 19.8. The molecule has 2 aliphatic rings. The average molecular weight is 371 g/mol. The molecule has 26 heavy (non-hydrogen) atoms. The van der Waals surface area contributed by atoms with Crippen molar-refractivity contribution in [2.75, 3.05) is 31.5 Å². The van der Waals surface area contributed by atoms with Gasteiger partial charge in [-0.05, 0) is 37.6 Å². The van der Waals surface area contributed by atoms with Crippen LogP contribution in [0.5, 0.6) is 0 Å². The molecule has 0 spiro atoms. The Morgan fingerprint density at radius 2 is 2.19 bits per heavy atom. The topological polar surface area (TPSA) is 77.2 Å². The lowest BCUT2D eigenvalue weighted by molar-refractivity contribution is 0.124. The van der Waals surface area contributed by atoms with Gasteiger partial charge in [-0.25, -0.2) is 9.48 Å². The summed E-state index contributed by atoms with van der Waals surface area (Å²) in [5.41, 5.74) is 1.15. The Morgan fingerprint density at radius 3 is 3.00 bits per heavy atom. The number of aromatic nitrogens is 2. The summed E-state index contributed by atoms with van der Waals surface area (Å²) in [5, 5.41) is 16.6. The number of piperazine rings is 1. The third-order valence-corrected chi connectivity index (χ3v) is 5.32. The molecule has 1 aromatic carbocycles. The van der Waals surface area contributed by atoms with Gasteiger partial charge >= 0.3 is 6.03 Å². The molecule has 2 amide bonds. The highest BCUT2D eigenvalue weighted by atomic mass is 35.5. The number of urea groups is 1. The highest BCUT2D eigenvalue weighted by Crippen LogP contribution is 2.23. The molecular formula is C18H19ClN6O. The van der Waals surface area contributed by atoms with Crippen LogP contribution in [0, 0.1) is 11.3 Å². The number of hydrogen-bond acceptors (Lipinski definition) is 4. The van der Waals surface area contributed by atoms with Crippen LogP contribution in [0.15, 0.2) is 30.5 Å². The first-order chi connectivity index (χ1) is 12.6. The SMILES string of the molecule is N#Cc1ccc(-n2ccc(NC(=O)N3CCN4CCCC4C3)n2)c(Cl)c1. The predicted octanol–water partition coefficient (Wildman–Crippen LogP) is 2.71. The van der Waals surface area contributed by atoms with Crippen LogP contribution < -0.4 is 5.32 Å². The summed E-state index contributed by atoms with van der Waals surface area (Å²) in [6, 6.07) is 9.17. The van der Waals surface area contributed by atoms with Gasteiger partial charge < -0.3 is 4.90 Å². The molecule has 7 nitrogen and oxygen atoms in total. The largest absolute Gasteiger partial charge is 0.323 e. The van der Waals surface area contributed by atoms with Crippen molar-refractivity contribution in [1.29, 1.82) is 5.26 Å². The fourth-order valence-electron chi connectivity index (χ4n) is 3.65. The van der Waals surface area contributed by atoms with E-state index in [9.17, 15) is 4.79 Å². The average Bonchev–Trinajstić information content (AvgIpc) is 3.30. The van der Waals surface area contributed by atoms with E-state index in [0.29, 0.717) is 28.1 Å². The van der Waals surface area contributed by atoms with E-state index < -0.39 is 0 Å². The fourth-order valence-corrected chi connectivity index (χ4v) is 3.92. The molecule has 8 heteroatoms. The summed E-state index contributed by atoms with van der Waals surface area (Å²) < 4.78 is 1.59.